The van der Waals surface area contributed by atoms with Crippen molar-refractivity contribution in [2.75, 3.05) is 7.11 Å². The molecule has 0 aliphatic rings. The second-order valence-electron chi connectivity index (χ2n) is 7.09. The molecule has 140 valence electrons. The first kappa shape index (κ1) is 18.9. The SMILES string of the molecule is COc1ccc2c(Cc3ccc(F)cc3)ccc(C(C(=O)O)C(C)C)c2c1. The van der Waals surface area contributed by atoms with Crippen LogP contribution < -0.4 is 4.74 Å². The van der Waals surface area contributed by atoms with E-state index in [9.17, 15) is 14.3 Å². The number of benzene rings is 3. The third-order valence-corrected chi connectivity index (χ3v) is 4.92. The summed E-state index contributed by atoms with van der Waals surface area (Å²) < 4.78 is 18.5. The summed E-state index contributed by atoms with van der Waals surface area (Å²) in [6.07, 6.45) is 0.642. The molecule has 0 aromatic heterocycles. The summed E-state index contributed by atoms with van der Waals surface area (Å²) in [5.41, 5.74) is 2.85. The Labute approximate surface area is 158 Å². The van der Waals surface area contributed by atoms with E-state index in [4.69, 9.17) is 4.74 Å². The van der Waals surface area contributed by atoms with Crippen molar-refractivity contribution in [2.45, 2.75) is 26.2 Å². The predicted octanol–water partition coefficient (Wildman–Crippen LogP) is 5.40. The van der Waals surface area contributed by atoms with Crippen LogP contribution in [0, 0.1) is 11.7 Å². The average molecular weight is 366 g/mol. The zero-order valence-corrected chi connectivity index (χ0v) is 15.7. The maximum absolute atomic E-state index is 13.2. The molecule has 0 spiro atoms. The lowest BCUT2D eigenvalue weighted by molar-refractivity contribution is -0.139. The molecule has 0 bridgehead atoms. The van der Waals surface area contributed by atoms with Gasteiger partial charge in [-0.15, -0.1) is 0 Å². The molecule has 0 fully saturated rings. The monoisotopic (exact) mass is 366 g/mol. The Kier molecular flexibility index (Phi) is 5.45. The number of aliphatic carboxylic acids is 1. The highest BCUT2D eigenvalue weighted by molar-refractivity contribution is 5.94. The number of ether oxygens (including phenoxy) is 1. The maximum Gasteiger partial charge on any atom is 0.311 e. The number of carboxylic acid groups (broad SMARTS) is 1. The van der Waals surface area contributed by atoms with Crippen molar-refractivity contribution in [3.8, 4) is 5.75 Å². The van der Waals surface area contributed by atoms with E-state index in [-0.39, 0.29) is 11.7 Å². The van der Waals surface area contributed by atoms with Gasteiger partial charge in [0.2, 0.25) is 0 Å². The van der Waals surface area contributed by atoms with Crippen LogP contribution in [0.1, 0.15) is 36.5 Å². The standard InChI is InChI=1S/C23H23FO3/c1-14(2)22(23(25)26)20-10-6-16(12-15-4-7-17(24)8-5-15)19-11-9-18(27-3)13-21(19)20/h4-11,13-14,22H,12H2,1-3H3,(H,25,26). The molecule has 1 N–H and O–H groups in total. The molecule has 3 rings (SSSR count). The van der Waals surface area contributed by atoms with Crippen LogP contribution in [0.4, 0.5) is 4.39 Å². The van der Waals surface area contributed by atoms with Crippen molar-refractivity contribution < 1.29 is 19.0 Å². The first-order valence-corrected chi connectivity index (χ1v) is 8.97. The average Bonchev–Trinajstić information content (AvgIpc) is 2.64. The summed E-state index contributed by atoms with van der Waals surface area (Å²) >= 11 is 0. The Morgan fingerprint density at radius 2 is 1.74 bits per heavy atom. The van der Waals surface area contributed by atoms with Gasteiger partial charge in [-0.2, -0.15) is 0 Å². The fourth-order valence-corrected chi connectivity index (χ4v) is 3.56. The van der Waals surface area contributed by atoms with Crippen molar-refractivity contribution in [3.63, 3.8) is 0 Å². The molecular weight excluding hydrogens is 343 g/mol. The predicted molar refractivity (Wildman–Crippen MR) is 105 cm³/mol. The number of halogens is 1. The van der Waals surface area contributed by atoms with E-state index in [0.29, 0.717) is 12.2 Å². The molecular formula is C23H23FO3. The van der Waals surface area contributed by atoms with Gasteiger partial charge in [-0.3, -0.25) is 4.79 Å². The van der Waals surface area contributed by atoms with Crippen molar-refractivity contribution in [2.24, 2.45) is 5.92 Å². The first-order valence-electron chi connectivity index (χ1n) is 8.97. The van der Waals surface area contributed by atoms with E-state index in [2.05, 4.69) is 0 Å². The minimum Gasteiger partial charge on any atom is -0.497 e. The normalized spacial score (nSPS) is 12.3. The summed E-state index contributed by atoms with van der Waals surface area (Å²) in [7, 11) is 1.60. The van der Waals surface area contributed by atoms with E-state index < -0.39 is 11.9 Å². The molecule has 0 radical (unpaired) electrons. The van der Waals surface area contributed by atoms with E-state index in [1.807, 2.05) is 44.2 Å². The number of methoxy groups -OCH3 is 1. The third-order valence-electron chi connectivity index (χ3n) is 4.92. The smallest absolute Gasteiger partial charge is 0.311 e. The van der Waals surface area contributed by atoms with Crippen LogP contribution in [0.15, 0.2) is 54.6 Å². The van der Waals surface area contributed by atoms with E-state index in [1.54, 1.807) is 19.2 Å². The van der Waals surface area contributed by atoms with Crippen LogP contribution in [0.5, 0.6) is 5.75 Å². The molecule has 0 aliphatic carbocycles. The van der Waals surface area contributed by atoms with Crippen molar-refractivity contribution in [1.82, 2.24) is 0 Å². The minimum absolute atomic E-state index is 0.0418. The third kappa shape index (κ3) is 3.95. The molecule has 0 heterocycles. The lowest BCUT2D eigenvalue weighted by atomic mass is 9.84. The molecule has 3 aromatic rings. The maximum atomic E-state index is 13.2. The Morgan fingerprint density at radius 3 is 2.33 bits per heavy atom. The van der Waals surface area contributed by atoms with E-state index in [0.717, 1.165) is 27.5 Å². The molecule has 27 heavy (non-hydrogen) atoms. The zero-order chi connectivity index (χ0) is 19.6. The van der Waals surface area contributed by atoms with Crippen LogP contribution >= 0.6 is 0 Å². The molecule has 3 aromatic carbocycles. The van der Waals surface area contributed by atoms with Gasteiger partial charge in [0.05, 0.1) is 13.0 Å². The highest BCUT2D eigenvalue weighted by Crippen LogP contribution is 2.35. The van der Waals surface area contributed by atoms with E-state index in [1.165, 1.54) is 12.1 Å². The molecule has 3 nitrogen and oxygen atoms in total. The Bertz CT molecular complexity index is 961. The summed E-state index contributed by atoms with van der Waals surface area (Å²) in [6.45, 7) is 3.83. The van der Waals surface area contributed by atoms with Gasteiger partial charge in [-0.1, -0.05) is 44.2 Å². The number of carbonyl (C=O) groups is 1. The summed E-state index contributed by atoms with van der Waals surface area (Å²) in [6, 6.07) is 16.1. The molecule has 0 aliphatic heterocycles. The zero-order valence-electron chi connectivity index (χ0n) is 15.7. The second-order valence-corrected chi connectivity index (χ2v) is 7.09. The fourth-order valence-electron chi connectivity index (χ4n) is 3.56. The van der Waals surface area contributed by atoms with Crippen LogP contribution in [-0.2, 0) is 11.2 Å². The molecule has 0 saturated carbocycles. The number of rotatable bonds is 6. The molecule has 1 atom stereocenters. The van der Waals surface area contributed by atoms with Crippen LogP contribution in [0.2, 0.25) is 0 Å². The molecule has 4 heteroatoms. The largest absolute Gasteiger partial charge is 0.497 e. The number of hydrogen-bond donors (Lipinski definition) is 1. The number of hydrogen-bond acceptors (Lipinski definition) is 2. The summed E-state index contributed by atoms with van der Waals surface area (Å²) in [5.74, 6) is -1.04. The van der Waals surface area contributed by atoms with Gasteiger partial charge < -0.3 is 9.84 Å². The van der Waals surface area contributed by atoms with Gasteiger partial charge in [0.25, 0.3) is 0 Å². The summed E-state index contributed by atoms with van der Waals surface area (Å²) in [5, 5.41) is 11.6. The van der Waals surface area contributed by atoms with Gasteiger partial charge in [-0.25, -0.2) is 4.39 Å². The van der Waals surface area contributed by atoms with Crippen molar-refractivity contribution in [1.29, 1.82) is 0 Å². The molecule has 0 amide bonds. The van der Waals surface area contributed by atoms with Crippen molar-refractivity contribution >= 4 is 16.7 Å². The Morgan fingerprint density at radius 1 is 1.04 bits per heavy atom. The van der Waals surface area contributed by atoms with Gasteiger partial charge in [0.15, 0.2) is 0 Å². The highest BCUT2D eigenvalue weighted by atomic mass is 19.1. The van der Waals surface area contributed by atoms with Gasteiger partial charge in [-0.05, 0) is 64.1 Å². The van der Waals surface area contributed by atoms with Crippen molar-refractivity contribution in [3.05, 3.63) is 77.1 Å². The van der Waals surface area contributed by atoms with Crippen LogP contribution in [0.3, 0.4) is 0 Å². The van der Waals surface area contributed by atoms with Gasteiger partial charge in [0, 0.05) is 0 Å². The first-order chi connectivity index (χ1) is 12.9. The summed E-state index contributed by atoms with van der Waals surface area (Å²) in [4.78, 5) is 11.9. The molecule has 0 saturated heterocycles. The molecule has 1 unspecified atom stereocenters. The Balaban J connectivity index is 2.16. The lowest BCUT2D eigenvalue weighted by Crippen LogP contribution is -2.18. The van der Waals surface area contributed by atoms with E-state index >= 15 is 0 Å². The van der Waals surface area contributed by atoms with Crippen LogP contribution in [-0.4, -0.2) is 18.2 Å². The quantitative estimate of drug-likeness (QED) is 0.635. The highest BCUT2D eigenvalue weighted by Gasteiger charge is 2.26. The number of carboxylic acids is 1. The number of fused-ring (bicyclic) bond motifs is 1. The van der Waals surface area contributed by atoms with Gasteiger partial charge >= 0.3 is 5.97 Å². The van der Waals surface area contributed by atoms with Gasteiger partial charge in [0.1, 0.15) is 11.6 Å². The fraction of sp³-hybridized carbons (Fsp3) is 0.261. The topological polar surface area (TPSA) is 46.5 Å². The minimum atomic E-state index is -0.833. The van der Waals surface area contributed by atoms with Crippen LogP contribution in [0.25, 0.3) is 10.8 Å². The lowest BCUT2D eigenvalue weighted by Gasteiger charge is -2.20. The second kappa shape index (κ2) is 7.78. The Hall–Kier alpha value is -2.88.